The molecule has 3 nitrogen and oxygen atoms in total. The monoisotopic (exact) mass is 189 g/mol. The Kier molecular flexibility index (Phi) is 3.58. The van der Waals surface area contributed by atoms with E-state index >= 15 is 0 Å². The zero-order valence-electron chi connectivity index (χ0n) is 7.96. The maximum Gasteiger partial charge on any atom is 0.126 e. The molecule has 0 amide bonds. The van der Waals surface area contributed by atoms with Gasteiger partial charge in [-0.3, -0.25) is 0 Å². The average molecular weight is 190 g/mol. The Morgan fingerprint density at radius 2 is 1.83 bits per heavy atom. The summed E-state index contributed by atoms with van der Waals surface area (Å²) in [5.74, 6) is 1.78. The van der Waals surface area contributed by atoms with E-state index in [0.717, 1.165) is 17.3 Å². The van der Waals surface area contributed by atoms with Crippen LogP contribution < -0.4 is 5.73 Å². The Morgan fingerprint density at radius 1 is 1.33 bits per heavy atom. The summed E-state index contributed by atoms with van der Waals surface area (Å²) in [5, 5.41) is 0. The van der Waals surface area contributed by atoms with Gasteiger partial charge in [-0.15, -0.1) is 12.4 Å². The molecular weight excluding hydrogens is 174 g/mol. The van der Waals surface area contributed by atoms with E-state index in [9.17, 15) is 0 Å². The fourth-order valence-corrected chi connectivity index (χ4v) is 1.35. The number of nitrogen functional groups attached to an aromatic ring is 1. The maximum absolute atomic E-state index is 5.80. The number of aromatic nitrogens is 2. The van der Waals surface area contributed by atoms with Crippen LogP contribution in [0.5, 0.6) is 0 Å². The molecule has 1 rings (SSSR count). The molecule has 0 spiro atoms. The van der Waals surface area contributed by atoms with E-state index in [1.165, 1.54) is 0 Å². The highest BCUT2D eigenvalue weighted by atomic mass is 35.5. The lowest BCUT2D eigenvalue weighted by molar-refractivity contribution is 0.590. The SMILES string of the molecule is Cc1nc(C)n(C(C)C)c1N.Cl. The van der Waals surface area contributed by atoms with Crippen molar-refractivity contribution >= 4 is 18.2 Å². The Balaban J connectivity index is 0.00000121. The van der Waals surface area contributed by atoms with Gasteiger partial charge in [0.1, 0.15) is 11.6 Å². The van der Waals surface area contributed by atoms with Gasteiger partial charge in [-0.2, -0.15) is 0 Å². The standard InChI is InChI=1S/C8H15N3.ClH/c1-5(2)11-7(4)10-6(3)8(11)9;/h5H,9H2,1-4H3;1H. The van der Waals surface area contributed by atoms with E-state index in [-0.39, 0.29) is 12.4 Å². The van der Waals surface area contributed by atoms with Gasteiger partial charge >= 0.3 is 0 Å². The minimum Gasteiger partial charge on any atom is -0.384 e. The highest BCUT2D eigenvalue weighted by Gasteiger charge is 2.09. The van der Waals surface area contributed by atoms with Crippen molar-refractivity contribution in [2.24, 2.45) is 0 Å². The number of rotatable bonds is 1. The fraction of sp³-hybridized carbons (Fsp3) is 0.625. The van der Waals surface area contributed by atoms with Crippen molar-refractivity contribution in [1.82, 2.24) is 9.55 Å². The van der Waals surface area contributed by atoms with Crippen molar-refractivity contribution in [2.75, 3.05) is 5.73 Å². The minimum atomic E-state index is 0. The Hall–Kier alpha value is -0.700. The molecule has 0 aliphatic rings. The van der Waals surface area contributed by atoms with E-state index in [2.05, 4.69) is 18.8 Å². The van der Waals surface area contributed by atoms with Crippen LogP contribution >= 0.6 is 12.4 Å². The van der Waals surface area contributed by atoms with Gasteiger partial charge in [0.25, 0.3) is 0 Å². The molecule has 0 radical (unpaired) electrons. The van der Waals surface area contributed by atoms with Crippen molar-refractivity contribution in [3.63, 3.8) is 0 Å². The second kappa shape index (κ2) is 3.81. The first kappa shape index (κ1) is 11.3. The van der Waals surface area contributed by atoms with Gasteiger partial charge in [0.05, 0.1) is 5.69 Å². The molecule has 2 N–H and O–H groups in total. The molecule has 0 saturated heterocycles. The maximum atomic E-state index is 5.80. The largest absolute Gasteiger partial charge is 0.384 e. The summed E-state index contributed by atoms with van der Waals surface area (Å²) >= 11 is 0. The van der Waals surface area contributed by atoms with Crippen LogP contribution in [0.4, 0.5) is 5.82 Å². The molecule has 0 saturated carbocycles. The molecule has 0 fully saturated rings. The number of halogens is 1. The lowest BCUT2D eigenvalue weighted by atomic mass is 10.3. The zero-order valence-corrected chi connectivity index (χ0v) is 8.77. The quantitative estimate of drug-likeness (QED) is 0.735. The smallest absolute Gasteiger partial charge is 0.126 e. The fourth-order valence-electron chi connectivity index (χ4n) is 1.35. The van der Waals surface area contributed by atoms with Gasteiger partial charge in [0.2, 0.25) is 0 Å². The Labute approximate surface area is 79.4 Å². The summed E-state index contributed by atoms with van der Waals surface area (Å²) < 4.78 is 2.04. The van der Waals surface area contributed by atoms with Gasteiger partial charge in [0.15, 0.2) is 0 Å². The van der Waals surface area contributed by atoms with E-state index in [4.69, 9.17) is 5.73 Å². The molecule has 0 atom stereocenters. The number of aryl methyl sites for hydroxylation is 2. The summed E-state index contributed by atoms with van der Waals surface area (Å²) in [5.41, 5.74) is 6.73. The second-order valence-electron chi connectivity index (χ2n) is 3.09. The molecule has 0 bridgehead atoms. The van der Waals surface area contributed by atoms with Crippen LogP contribution in [0.25, 0.3) is 0 Å². The number of hydrogen-bond donors (Lipinski definition) is 1. The van der Waals surface area contributed by atoms with Crippen LogP contribution in [0.3, 0.4) is 0 Å². The van der Waals surface area contributed by atoms with Crippen molar-refractivity contribution in [3.05, 3.63) is 11.5 Å². The second-order valence-corrected chi connectivity index (χ2v) is 3.09. The molecular formula is C8H16ClN3. The highest BCUT2D eigenvalue weighted by Crippen LogP contribution is 2.18. The van der Waals surface area contributed by atoms with Gasteiger partial charge in [-0.1, -0.05) is 0 Å². The predicted octanol–water partition coefficient (Wildman–Crippen LogP) is 2.08. The van der Waals surface area contributed by atoms with Crippen molar-refractivity contribution < 1.29 is 0 Å². The third-order valence-electron chi connectivity index (χ3n) is 1.82. The molecule has 1 heterocycles. The van der Waals surface area contributed by atoms with Crippen LogP contribution in [-0.4, -0.2) is 9.55 Å². The van der Waals surface area contributed by atoms with Crippen LogP contribution in [0, 0.1) is 13.8 Å². The first-order chi connectivity index (χ1) is 5.04. The summed E-state index contributed by atoms with van der Waals surface area (Å²) in [6.45, 7) is 8.11. The number of nitrogens with two attached hydrogens (primary N) is 1. The van der Waals surface area contributed by atoms with Crippen LogP contribution in [0.2, 0.25) is 0 Å². The third-order valence-corrected chi connectivity index (χ3v) is 1.82. The van der Waals surface area contributed by atoms with E-state index < -0.39 is 0 Å². The minimum absolute atomic E-state index is 0. The van der Waals surface area contributed by atoms with Gasteiger partial charge in [-0.05, 0) is 27.7 Å². The van der Waals surface area contributed by atoms with Crippen LogP contribution in [0.1, 0.15) is 31.4 Å². The van der Waals surface area contributed by atoms with Gasteiger partial charge in [0, 0.05) is 6.04 Å². The van der Waals surface area contributed by atoms with Crippen LogP contribution in [0.15, 0.2) is 0 Å². The molecule has 0 aliphatic carbocycles. The van der Waals surface area contributed by atoms with Crippen molar-refractivity contribution in [2.45, 2.75) is 33.7 Å². The lowest BCUT2D eigenvalue weighted by Gasteiger charge is -2.10. The topological polar surface area (TPSA) is 43.8 Å². The normalized spacial score (nSPS) is 10.1. The summed E-state index contributed by atoms with van der Waals surface area (Å²) in [4.78, 5) is 4.27. The Morgan fingerprint density at radius 3 is 2.00 bits per heavy atom. The summed E-state index contributed by atoms with van der Waals surface area (Å²) in [7, 11) is 0. The zero-order chi connectivity index (χ0) is 8.59. The van der Waals surface area contributed by atoms with Gasteiger partial charge in [-0.25, -0.2) is 4.98 Å². The number of anilines is 1. The average Bonchev–Trinajstić information content (AvgIpc) is 2.07. The molecule has 0 aliphatic heterocycles. The lowest BCUT2D eigenvalue weighted by Crippen LogP contribution is -2.07. The number of hydrogen-bond acceptors (Lipinski definition) is 2. The molecule has 12 heavy (non-hydrogen) atoms. The van der Waals surface area contributed by atoms with Crippen molar-refractivity contribution in [1.29, 1.82) is 0 Å². The third kappa shape index (κ3) is 1.72. The molecule has 0 unspecified atom stereocenters. The predicted molar refractivity (Wildman–Crippen MR) is 53.7 cm³/mol. The number of nitrogens with zero attached hydrogens (tertiary/aromatic N) is 2. The Bertz CT molecular complexity index is 266. The molecule has 4 heteroatoms. The first-order valence-corrected chi connectivity index (χ1v) is 3.85. The van der Waals surface area contributed by atoms with Gasteiger partial charge < -0.3 is 10.3 Å². The van der Waals surface area contributed by atoms with Crippen molar-refractivity contribution in [3.8, 4) is 0 Å². The van der Waals surface area contributed by atoms with E-state index in [1.54, 1.807) is 0 Å². The van der Waals surface area contributed by atoms with E-state index in [0.29, 0.717) is 6.04 Å². The first-order valence-electron chi connectivity index (χ1n) is 3.85. The van der Waals surface area contributed by atoms with E-state index in [1.807, 2.05) is 18.4 Å². The highest BCUT2D eigenvalue weighted by molar-refractivity contribution is 5.85. The summed E-state index contributed by atoms with van der Waals surface area (Å²) in [6.07, 6.45) is 0. The molecule has 1 aromatic rings. The number of imidazole rings is 1. The molecule has 1 aromatic heterocycles. The van der Waals surface area contributed by atoms with Crippen LogP contribution in [-0.2, 0) is 0 Å². The summed E-state index contributed by atoms with van der Waals surface area (Å²) in [6, 6.07) is 0.399. The molecule has 0 aromatic carbocycles. The molecule has 70 valence electrons.